The Hall–Kier alpha value is -3.65. The summed E-state index contributed by atoms with van der Waals surface area (Å²) in [6.07, 6.45) is -5.69. The van der Waals surface area contributed by atoms with Crippen molar-refractivity contribution in [1.29, 1.82) is 0 Å². The minimum absolute atomic E-state index is 0.245. The summed E-state index contributed by atoms with van der Waals surface area (Å²) in [7, 11) is 0. The van der Waals surface area contributed by atoms with Crippen LogP contribution in [-0.2, 0) is 20.6 Å². The lowest BCUT2D eigenvalue weighted by Gasteiger charge is -2.29. The highest BCUT2D eigenvalue weighted by molar-refractivity contribution is 6.24. The van der Waals surface area contributed by atoms with Crippen molar-refractivity contribution in [3.05, 3.63) is 95.1 Å². The van der Waals surface area contributed by atoms with E-state index in [1.54, 1.807) is 49.4 Å². The van der Waals surface area contributed by atoms with Crippen molar-refractivity contribution in [2.24, 2.45) is 5.92 Å². The summed E-state index contributed by atoms with van der Waals surface area (Å²) in [6.45, 7) is 3.71. The Morgan fingerprint density at radius 2 is 1.59 bits per heavy atom. The minimum Gasteiger partial charge on any atom is -0.273 e. The maximum Gasteiger partial charge on any atom is 0.416 e. The third kappa shape index (κ3) is 3.54. The number of hydrogen-bond donors (Lipinski definition) is 0. The molecule has 0 spiro atoms. The summed E-state index contributed by atoms with van der Waals surface area (Å²) >= 11 is 0. The number of alkyl halides is 3. The first-order chi connectivity index (χ1) is 16.2. The molecule has 0 aromatic heterocycles. The number of imide groups is 1. The van der Waals surface area contributed by atoms with Gasteiger partial charge in [-0.15, -0.1) is 0 Å². The van der Waals surface area contributed by atoms with Gasteiger partial charge in [-0.1, -0.05) is 48.0 Å². The van der Waals surface area contributed by atoms with Gasteiger partial charge in [0.25, 0.3) is 5.91 Å². The second-order valence-corrected chi connectivity index (χ2v) is 8.58. The van der Waals surface area contributed by atoms with E-state index in [0.717, 1.165) is 28.2 Å². The molecule has 0 radical (unpaired) electrons. The predicted molar refractivity (Wildman–Crippen MR) is 120 cm³/mol. The molecule has 3 unspecified atom stereocenters. The molecule has 2 aliphatic rings. The van der Waals surface area contributed by atoms with Crippen LogP contribution in [0.3, 0.4) is 0 Å². The van der Waals surface area contributed by atoms with Crippen LogP contribution in [0.2, 0.25) is 0 Å². The molecule has 2 amide bonds. The lowest BCUT2D eigenvalue weighted by molar-refractivity contribution is -0.137. The molecule has 5 nitrogen and oxygen atoms in total. The molecule has 0 saturated carbocycles. The van der Waals surface area contributed by atoms with Crippen molar-refractivity contribution in [2.75, 3.05) is 9.96 Å². The molecule has 2 fully saturated rings. The normalized spacial score (nSPS) is 22.4. The van der Waals surface area contributed by atoms with Crippen LogP contribution in [0.1, 0.15) is 28.3 Å². The Kier molecular flexibility index (Phi) is 5.20. The van der Waals surface area contributed by atoms with E-state index in [1.165, 1.54) is 17.2 Å². The van der Waals surface area contributed by atoms with E-state index in [1.807, 2.05) is 13.0 Å². The average molecular weight is 466 g/mol. The van der Waals surface area contributed by atoms with E-state index in [0.29, 0.717) is 11.4 Å². The van der Waals surface area contributed by atoms with Crippen molar-refractivity contribution in [3.8, 4) is 0 Å². The van der Waals surface area contributed by atoms with E-state index in [4.69, 9.17) is 4.84 Å². The lowest BCUT2D eigenvalue weighted by atomic mass is 9.89. The molecule has 5 rings (SSSR count). The smallest absolute Gasteiger partial charge is 0.273 e. The molecular formula is C26H21F3N2O3. The molecule has 3 aromatic carbocycles. The van der Waals surface area contributed by atoms with Crippen LogP contribution in [0.5, 0.6) is 0 Å². The molecule has 34 heavy (non-hydrogen) atoms. The Bertz CT molecular complexity index is 1280. The molecule has 0 aliphatic carbocycles. The topological polar surface area (TPSA) is 49.9 Å². The summed E-state index contributed by atoms with van der Waals surface area (Å²) in [5.74, 6) is -2.03. The van der Waals surface area contributed by atoms with Gasteiger partial charge >= 0.3 is 6.18 Å². The fourth-order valence-corrected chi connectivity index (χ4v) is 4.74. The van der Waals surface area contributed by atoms with Crippen LogP contribution >= 0.6 is 0 Å². The largest absolute Gasteiger partial charge is 0.416 e. The highest BCUT2D eigenvalue weighted by Crippen LogP contribution is 2.48. The first-order valence-corrected chi connectivity index (χ1v) is 10.8. The Morgan fingerprint density at radius 3 is 2.26 bits per heavy atom. The predicted octanol–water partition coefficient (Wildman–Crippen LogP) is 5.37. The van der Waals surface area contributed by atoms with E-state index < -0.39 is 41.6 Å². The van der Waals surface area contributed by atoms with Gasteiger partial charge in [-0.3, -0.25) is 14.4 Å². The van der Waals surface area contributed by atoms with Crippen LogP contribution in [0.15, 0.2) is 72.8 Å². The van der Waals surface area contributed by atoms with Gasteiger partial charge in [-0.25, -0.2) is 9.96 Å². The number of carbonyl (C=O) groups is 2. The van der Waals surface area contributed by atoms with Crippen molar-refractivity contribution in [1.82, 2.24) is 0 Å². The van der Waals surface area contributed by atoms with Crippen LogP contribution in [0.25, 0.3) is 0 Å². The van der Waals surface area contributed by atoms with E-state index in [9.17, 15) is 22.8 Å². The lowest BCUT2D eigenvalue weighted by Crippen LogP contribution is -2.37. The van der Waals surface area contributed by atoms with Crippen LogP contribution in [0, 0.1) is 19.8 Å². The standard InChI is InChI=1S/C26H21F3N2O3/c1-15-11-12-20(16(2)13-15)30-24(32)21-22(17-7-6-8-18(14-17)26(27,28)29)31(34-23(21)25(30)33)19-9-4-3-5-10-19/h3-14,21-23H,1-2H3. The molecule has 0 N–H and O–H groups in total. The molecule has 3 aromatic rings. The number of para-hydroxylation sites is 1. The number of rotatable bonds is 3. The van der Waals surface area contributed by atoms with E-state index in [-0.39, 0.29) is 5.56 Å². The van der Waals surface area contributed by atoms with Gasteiger partial charge in [0.1, 0.15) is 5.92 Å². The molecule has 3 atom stereocenters. The number of anilines is 2. The number of amides is 2. The molecule has 0 bridgehead atoms. The van der Waals surface area contributed by atoms with Gasteiger partial charge in [0.2, 0.25) is 5.91 Å². The third-order valence-corrected chi connectivity index (χ3v) is 6.27. The second-order valence-electron chi connectivity index (χ2n) is 8.58. The Balaban J connectivity index is 1.61. The molecule has 2 aliphatic heterocycles. The molecule has 2 heterocycles. The number of fused-ring (bicyclic) bond motifs is 1. The number of aryl methyl sites for hydroxylation is 2. The van der Waals surface area contributed by atoms with Crippen LogP contribution in [0.4, 0.5) is 24.5 Å². The molecular weight excluding hydrogens is 445 g/mol. The second kappa shape index (κ2) is 7.99. The number of nitrogens with zero attached hydrogens (tertiary/aromatic N) is 2. The number of halogens is 3. The Labute approximate surface area is 194 Å². The highest BCUT2D eigenvalue weighted by Gasteiger charge is 2.60. The number of benzene rings is 3. The monoisotopic (exact) mass is 466 g/mol. The maximum atomic E-state index is 13.7. The fourth-order valence-electron chi connectivity index (χ4n) is 4.74. The van der Waals surface area contributed by atoms with Crippen molar-refractivity contribution in [3.63, 3.8) is 0 Å². The summed E-state index contributed by atoms with van der Waals surface area (Å²) < 4.78 is 40.4. The van der Waals surface area contributed by atoms with Crippen molar-refractivity contribution in [2.45, 2.75) is 32.2 Å². The number of carbonyl (C=O) groups excluding carboxylic acids is 2. The van der Waals surface area contributed by atoms with Crippen molar-refractivity contribution < 1.29 is 27.6 Å². The molecule has 8 heteroatoms. The summed E-state index contributed by atoms with van der Waals surface area (Å²) in [6, 6.07) is 18.0. The quantitative estimate of drug-likeness (QED) is 0.487. The zero-order chi connectivity index (χ0) is 24.2. The molecule has 174 valence electrons. The van der Waals surface area contributed by atoms with Crippen LogP contribution in [-0.4, -0.2) is 17.9 Å². The third-order valence-electron chi connectivity index (χ3n) is 6.27. The van der Waals surface area contributed by atoms with Gasteiger partial charge in [0, 0.05) is 0 Å². The highest BCUT2D eigenvalue weighted by atomic mass is 19.4. The number of hydroxylamine groups is 1. The molecule has 2 saturated heterocycles. The van der Waals surface area contributed by atoms with Crippen LogP contribution < -0.4 is 9.96 Å². The van der Waals surface area contributed by atoms with E-state index >= 15 is 0 Å². The van der Waals surface area contributed by atoms with Gasteiger partial charge in [-0.2, -0.15) is 13.2 Å². The summed E-state index contributed by atoms with van der Waals surface area (Å²) in [5.41, 5.74) is 2.14. The van der Waals surface area contributed by atoms with Gasteiger partial charge in [0.05, 0.1) is 23.0 Å². The first-order valence-electron chi connectivity index (χ1n) is 10.8. The number of hydrogen-bond acceptors (Lipinski definition) is 4. The average Bonchev–Trinajstić information content (AvgIpc) is 3.31. The summed E-state index contributed by atoms with van der Waals surface area (Å²) in [4.78, 5) is 34.1. The van der Waals surface area contributed by atoms with Crippen molar-refractivity contribution >= 4 is 23.2 Å². The Morgan fingerprint density at radius 1 is 0.853 bits per heavy atom. The van der Waals surface area contributed by atoms with Gasteiger partial charge in [0.15, 0.2) is 6.10 Å². The van der Waals surface area contributed by atoms with Gasteiger partial charge in [-0.05, 0) is 55.3 Å². The zero-order valence-electron chi connectivity index (χ0n) is 18.4. The minimum atomic E-state index is -4.55. The first kappa shape index (κ1) is 22.2. The summed E-state index contributed by atoms with van der Waals surface area (Å²) in [5, 5.41) is 1.39. The van der Waals surface area contributed by atoms with E-state index in [2.05, 4.69) is 0 Å². The zero-order valence-corrected chi connectivity index (χ0v) is 18.4. The van der Waals surface area contributed by atoms with Gasteiger partial charge < -0.3 is 0 Å². The SMILES string of the molecule is Cc1ccc(N2C(=O)C3ON(c4ccccc4)C(c4cccc(C(F)(F)F)c4)C3C2=O)c(C)c1. The maximum absolute atomic E-state index is 13.7. The fraction of sp³-hybridized carbons (Fsp3) is 0.231.